The lowest BCUT2D eigenvalue weighted by Crippen LogP contribution is -2.48. The van der Waals surface area contributed by atoms with Crippen LogP contribution < -0.4 is 15.1 Å². The third-order valence-corrected chi connectivity index (χ3v) is 7.34. The summed E-state index contributed by atoms with van der Waals surface area (Å²) in [7, 11) is 0. The number of pyridine rings is 1. The molecule has 37 heavy (non-hydrogen) atoms. The zero-order valence-corrected chi connectivity index (χ0v) is 21.3. The number of rotatable bonds is 5. The quantitative estimate of drug-likeness (QED) is 0.280. The maximum Gasteiger partial charge on any atom is 0.341 e. The maximum absolute atomic E-state index is 15.5. The first-order valence-electron chi connectivity index (χ1n) is 11.6. The fourth-order valence-electron chi connectivity index (χ4n) is 4.89. The molecule has 2 aliphatic heterocycles. The molecular weight excluding hydrogens is 526 g/mol. The molecule has 1 atom stereocenters. The van der Waals surface area contributed by atoms with Gasteiger partial charge in [-0.1, -0.05) is 28.4 Å². The van der Waals surface area contributed by atoms with E-state index in [2.05, 4.69) is 10.1 Å². The van der Waals surface area contributed by atoms with E-state index in [1.807, 2.05) is 11.8 Å². The Bertz CT molecular complexity index is 1500. The molecular formula is C25H23Cl2FN4O5. The van der Waals surface area contributed by atoms with Crippen molar-refractivity contribution in [2.75, 3.05) is 44.2 Å². The van der Waals surface area contributed by atoms with E-state index in [-0.39, 0.29) is 29.5 Å². The van der Waals surface area contributed by atoms with Gasteiger partial charge in [0.1, 0.15) is 23.6 Å². The molecule has 5 rings (SSSR count). The lowest BCUT2D eigenvalue weighted by atomic mass is 10.1. The lowest BCUT2D eigenvalue weighted by molar-refractivity contribution is 0.0694. The van der Waals surface area contributed by atoms with Crippen molar-refractivity contribution in [2.45, 2.75) is 13.0 Å². The van der Waals surface area contributed by atoms with Crippen LogP contribution in [0.15, 0.2) is 40.4 Å². The van der Waals surface area contributed by atoms with E-state index in [0.717, 1.165) is 6.07 Å². The van der Waals surface area contributed by atoms with Gasteiger partial charge in [0.25, 0.3) is 0 Å². The molecule has 0 radical (unpaired) electrons. The number of hydrogen-bond donors (Lipinski definition) is 2. The first-order valence-corrected chi connectivity index (χ1v) is 12.4. The van der Waals surface area contributed by atoms with Crippen molar-refractivity contribution < 1.29 is 24.2 Å². The second-order valence-electron chi connectivity index (χ2n) is 9.11. The number of carbonyl (C=O) groups is 1. The minimum absolute atomic E-state index is 0.0232. The largest absolute Gasteiger partial charge is 0.487 e. The molecule has 12 heteroatoms. The number of aromatic nitrogens is 1. The van der Waals surface area contributed by atoms with Crippen LogP contribution in [0, 0.1) is 5.82 Å². The van der Waals surface area contributed by atoms with Gasteiger partial charge in [0.15, 0.2) is 11.6 Å². The Morgan fingerprint density at radius 3 is 2.57 bits per heavy atom. The summed E-state index contributed by atoms with van der Waals surface area (Å²) < 4.78 is 23.1. The Morgan fingerprint density at radius 1 is 1.19 bits per heavy atom. The summed E-state index contributed by atoms with van der Waals surface area (Å²) >= 11 is 12.2. The van der Waals surface area contributed by atoms with Crippen LogP contribution in [0.1, 0.15) is 28.9 Å². The summed E-state index contributed by atoms with van der Waals surface area (Å²) in [5, 5.41) is 23.3. The number of carboxylic acid groups (broad SMARTS) is 1. The molecule has 0 aliphatic carbocycles. The van der Waals surface area contributed by atoms with Gasteiger partial charge in [0, 0.05) is 49.5 Å². The second-order valence-corrected chi connectivity index (χ2v) is 9.95. The first kappa shape index (κ1) is 25.3. The third kappa shape index (κ3) is 4.49. The highest BCUT2D eigenvalue weighted by Gasteiger charge is 2.31. The molecule has 1 fully saturated rings. The van der Waals surface area contributed by atoms with Crippen LogP contribution in [-0.4, -0.2) is 70.8 Å². The minimum Gasteiger partial charge on any atom is -0.487 e. The second kappa shape index (κ2) is 9.85. The van der Waals surface area contributed by atoms with Crippen LogP contribution in [0.3, 0.4) is 0 Å². The Balaban J connectivity index is 1.43. The SMILES string of the molecule is C[C@H]1COc2c(N3CCN(C/C(=N/O)c4ccc(Cl)cc4Cl)CC3)c(F)cc3c(=O)c(C(=O)O)cn1c23. The Hall–Kier alpha value is -3.34. The molecule has 0 spiro atoms. The highest BCUT2D eigenvalue weighted by atomic mass is 35.5. The fourth-order valence-corrected chi connectivity index (χ4v) is 5.41. The summed E-state index contributed by atoms with van der Waals surface area (Å²) in [6.45, 7) is 4.32. The van der Waals surface area contributed by atoms with Crippen molar-refractivity contribution in [2.24, 2.45) is 5.16 Å². The number of carboxylic acids is 1. The molecule has 1 aromatic heterocycles. The molecule has 0 unspecified atom stereocenters. The van der Waals surface area contributed by atoms with E-state index in [4.69, 9.17) is 27.9 Å². The molecule has 3 aromatic rings. The van der Waals surface area contributed by atoms with Crippen LogP contribution in [0.2, 0.25) is 10.0 Å². The standard InChI is InChI=1S/C25H23Cl2FN4O5/c1-13-12-37-24-21-16(23(33)17(25(34)35)10-32(13)21)9-19(28)22(24)31-6-4-30(5-7-31)11-20(29-36)15-3-2-14(26)8-18(15)27/h2-3,8-10,13,36H,4-7,11-12H2,1H3,(H,34,35)/b29-20-/t13-/m0/s1. The summed E-state index contributed by atoms with van der Waals surface area (Å²) in [5.41, 5.74) is 0.436. The number of hydrogen-bond acceptors (Lipinski definition) is 7. The predicted octanol–water partition coefficient (Wildman–Crippen LogP) is 4.10. The molecule has 3 heterocycles. The fraction of sp³-hybridized carbons (Fsp3) is 0.320. The monoisotopic (exact) mass is 548 g/mol. The van der Waals surface area contributed by atoms with Crippen LogP contribution in [0.4, 0.5) is 10.1 Å². The van der Waals surface area contributed by atoms with Crippen LogP contribution in [0.5, 0.6) is 5.75 Å². The van der Waals surface area contributed by atoms with Gasteiger partial charge in [0.2, 0.25) is 5.43 Å². The molecule has 0 bridgehead atoms. The molecule has 0 amide bonds. The van der Waals surface area contributed by atoms with E-state index in [1.165, 1.54) is 6.20 Å². The lowest BCUT2D eigenvalue weighted by Gasteiger charge is -2.38. The van der Waals surface area contributed by atoms with E-state index in [1.54, 1.807) is 22.8 Å². The van der Waals surface area contributed by atoms with Gasteiger partial charge < -0.3 is 24.5 Å². The first-order chi connectivity index (χ1) is 17.7. The van der Waals surface area contributed by atoms with Crippen molar-refractivity contribution in [1.82, 2.24) is 9.47 Å². The van der Waals surface area contributed by atoms with E-state index < -0.39 is 22.8 Å². The Labute approximate surface area is 220 Å². The molecule has 194 valence electrons. The average Bonchev–Trinajstić information content (AvgIpc) is 2.86. The number of ether oxygens (including phenoxy) is 1. The maximum atomic E-state index is 15.5. The molecule has 0 saturated carbocycles. The highest BCUT2D eigenvalue weighted by Crippen LogP contribution is 2.42. The number of aromatic carboxylic acids is 1. The van der Waals surface area contributed by atoms with Crippen molar-refractivity contribution in [1.29, 1.82) is 0 Å². The third-order valence-electron chi connectivity index (χ3n) is 6.80. The number of halogens is 3. The van der Waals surface area contributed by atoms with Gasteiger partial charge in [0.05, 0.1) is 22.0 Å². The van der Waals surface area contributed by atoms with Crippen LogP contribution in [-0.2, 0) is 0 Å². The van der Waals surface area contributed by atoms with Gasteiger partial charge in [-0.3, -0.25) is 9.69 Å². The molecule has 1 saturated heterocycles. The van der Waals surface area contributed by atoms with Crippen molar-refractivity contribution in [3.8, 4) is 5.75 Å². The van der Waals surface area contributed by atoms with Crippen LogP contribution in [0.25, 0.3) is 10.9 Å². The number of nitrogens with zero attached hydrogens (tertiary/aromatic N) is 4. The smallest absolute Gasteiger partial charge is 0.341 e. The number of oxime groups is 1. The highest BCUT2D eigenvalue weighted by molar-refractivity contribution is 6.37. The zero-order valence-electron chi connectivity index (χ0n) is 19.7. The molecule has 2 N–H and O–H groups in total. The normalized spacial score (nSPS) is 18.2. The van der Waals surface area contributed by atoms with Gasteiger partial charge in [-0.15, -0.1) is 0 Å². The van der Waals surface area contributed by atoms with Gasteiger partial charge >= 0.3 is 5.97 Å². The van der Waals surface area contributed by atoms with Crippen molar-refractivity contribution >= 4 is 51.5 Å². The summed E-state index contributed by atoms with van der Waals surface area (Å²) in [4.78, 5) is 28.3. The average molecular weight is 549 g/mol. The Kier molecular flexibility index (Phi) is 6.74. The summed E-state index contributed by atoms with van der Waals surface area (Å²) in [6.07, 6.45) is 1.31. The van der Waals surface area contributed by atoms with E-state index >= 15 is 4.39 Å². The minimum atomic E-state index is -1.36. The van der Waals surface area contributed by atoms with Crippen molar-refractivity contribution in [3.05, 3.63) is 67.7 Å². The Morgan fingerprint density at radius 2 is 1.92 bits per heavy atom. The molecule has 9 nitrogen and oxygen atoms in total. The number of piperazine rings is 1. The topological polar surface area (TPSA) is 108 Å². The summed E-state index contributed by atoms with van der Waals surface area (Å²) in [6, 6.07) is 5.81. The van der Waals surface area contributed by atoms with E-state index in [9.17, 15) is 19.9 Å². The van der Waals surface area contributed by atoms with Gasteiger partial charge in [-0.05, 0) is 31.2 Å². The van der Waals surface area contributed by atoms with E-state index in [0.29, 0.717) is 59.6 Å². The van der Waals surface area contributed by atoms with Gasteiger partial charge in [-0.2, -0.15) is 0 Å². The summed E-state index contributed by atoms with van der Waals surface area (Å²) in [5.74, 6) is -1.77. The predicted molar refractivity (Wildman–Crippen MR) is 139 cm³/mol. The van der Waals surface area contributed by atoms with Gasteiger partial charge in [-0.25, -0.2) is 9.18 Å². The number of anilines is 1. The number of benzene rings is 2. The molecule has 2 aromatic carbocycles. The van der Waals surface area contributed by atoms with Crippen LogP contribution >= 0.6 is 23.2 Å². The molecule has 2 aliphatic rings. The van der Waals surface area contributed by atoms with Crippen molar-refractivity contribution in [3.63, 3.8) is 0 Å². The zero-order chi connectivity index (χ0) is 26.4.